The monoisotopic (exact) mass is 407 g/mol. The number of nitrogens with zero attached hydrogens (tertiary/aromatic N) is 1. The molecule has 3 aromatic carbocycles. The van der Waals surface area contributed by atoms with E-state index in [9.17, 15) is 0 Å². The molecule has 2 unspecified atom stereocenters. The molecule has 156 valence electrons. The molecule has 1 aliphatic rings. The summed E-state index contributed by atoms with van der Waals surface area (Å²) >= 11 is 0. The van der Waals surface area contributed by atoms with Gasteiger partial charge >= 0.3 is 0 Å². The average molecular weight is 408 g/mol. The van der Waals surface area contributed by atoms with E-state index >= 15 is 0 Å². The van der Waals surface area contributed by atoms with Crippen molar-refractivity contribution in [3.05, 3.63) is 89.6 Å². The first-order valence-corrected chi connectivity index (χ1v) is 11.2. The van der Waals surface area contributed by atoms with Crippen LogP contribution in [0, 0.1) is 0 Å². The van der Waals surface area contributed by atoms with Crippen LogP contribution in [0.25, 0.3) is 38.8 Å². The zero-order valence-corrected chi connectivity index (χ0v) is 18.6. The Morgan fingerprint density at radius 3 is 2.10 bits per heavy atom. The van der Waals surface area contributed by atoms with Gasteiger partial charge in [-0.1, -0.05) is 68.5 Å². The topological polar surface area (TPSA) is 34.8 Å². The maximum absolute atomic E-state index is 3.64. The first-order chi connectivity index (χ1) is 15.2. The highest BCUT2D eigenvalue weighted by atomic mass is 15.1. The van der Waals surface area contributed by atoms with Crippen molar-refractivity contribution in [1.82, 2.24) is 14.9 Å². The van der Waals surface area contributed by atoms with Gasteiger partial charge in [-0.2, -0.15) is 0 Å². The predicted octanol–water partition coefficient (Wildman–Crippen LogP) is 6.92. The first kappa shape index (κ1) is 19.7. The van der Waals surface area contributed by atoms with Crippen LogP contribution in [0.1, 0.15) is 36.6 Å². The van der Waals surface area contributed by atoms with Crippen LogP contribution in [0.4, 0.5) is 0 Å². The lowest BCUT2D eigenvalue weighted by Crippen LogP contribution is -2.34. The van der Waals surface area contributed by atoms with E-state index in [1.165, 1.54) is 49.5 Å². The molecule has 0 bridgehead atoms. The lowest BCUT2D eigenvalue weighted by Gasteiger charge is -2.34. The van der Waals surface area contributed by atoms with E-state index in [4.69, 9.17) is 0 Å². The summed E-state index contributed by atoms with van der Waals surface area (Å²) < 4.78 is 0. The summed E-state index contributed by atoms with van der Waals surface area (Å²) in [6.07, 6.45) is 4.60. The van der Waals surface area contributed by atoms with Gasteiger partial charge in [-0.25, -0.2) is 0 Å². The average Bonchev–Trinajstić information content (AvgIpc) is 3.38. The molecular formula is C28H29N3. The maximum atomic E-state index is 3.64. The number of hydrogen-bond acceptors (Lipinski definition) is 1. The van der Waals surface area contributed by atoms with E-state index in [0.717, 1.165) is 0 Å². The second kappa shape index (κ2) is 7.75. The molecule has 2 heterocycles. The van der Waals surface area contributed by atoms with Gasteiger partial charge in [-0.3, -0.25) is 0 Å². The third kappa shape index (κ3) is 3.00. The van der Waals surface area contributed by atoms with E-state index in [1.54, 1.807) is 0 Å². The number of fused-ring (bicyclic) bond motifs is 6. The van der Waals surface area contributed by atoms with Crippen LogP contribution in [0.3, 0.4) is 0 Å². The van der Waals surface area contributed by atoms with E-state index in [-0.39, 0.29) is 5.92 Å². The third-order valence-electron chi connectivity index (χ3n) is 6.38. The minimum Gasteiger partial charge on any atom is -0.355 e. The Balaban J connectivity index is 0.000000994. The van der Waals surface area contributed by atoms with Crippen LogP contribution in [-0.2, 0) is 0 Å². The minimum absolute atomic E-state index is 0.254. The van der Waals surface area contributed by atoms with Crippen molar-refractivity contribution >= 4 is 38.8 Å². The molecule has 0 saturated carbocycles. The summed E-state index contributed by atoms with van der Waals surface area (Å²) in [5, 5.41) is 3.96. The SMILES string of the molecule is CC.CN(C)C1C=Cc2[nH]c3ccccc3c2C1c1cccc2[nH]c3ccccc3c12. The van der Waals surface area contributed by atoms with Gasteiger partial charge in [-0.05, 0) is 49.5 Å². The van der Waals surface area contributed by atoms with E-state index in [1.807, 2.05) is 13.8 Å². The normalized spacial score (nSPS) is 17.8. The Morgan fingerprint density at radius 2 is 1.35 bits per heavy atom. The van der Waals surface area contributed by atoms with E-state index in [2.05, 4.69) is 108 Å². The number of H-pyrrole nitrogens is 2. The van der Waals surface area contributed by atoms with Gasteiger partial charge in [0.25, 0.3) is 0 Å². The summed E-state index contributed by atoms with van der Waals surface area (Å²) in [6.45, 7) is 4.00. The molecule has 0 amide bonds. The van der Waals surface area contributed by atoms with Crippen molar-refractivity contribution in [2.24, 2.45) is 0 Å². The number of aromatic amines is 2. The second-order valence-electron chi connectivity index (χ2n) is 8.23. The molecule has 0 aliphatic heterocycles. The molecule has 0 saturated heterocycles. The lowest BCUT2D eigenvalue weighted by molar-refractivity contribution is 0.319. The summed E-state index contributed by atoms with van der Waals surface area (Å²) in [6, 6.07) is 24.3. The van der Waals surface area contributed by atoms with Crippen molar-refractivity contribution in [2.75, 3.05) is 14.1 Å². The zero-order valence-electron chi connectivity index (χ0n) is 18.6. The van der Waals surface area contributed by atoms with Gasteiger partial charge in [-0.15, -0.1) is 0 Å². The van der Waals surface area contributed by atoms with Crippen molar-refractivity contribution < 1.29 is 0 Å². The Bertz CT molecular complexity index is 1400. The number of rotatable bonds is 2. The highest BCUT2D eigenvalue weighted by Gasteiger charge is 2.33. The van der Waals surface area contributed by atoms with Crippen LogP contribution < -0.4 is 0 Å². The summed E-state index contributed by atoms with van der Waals surface area (Å²) in [5.41, 5.74) is 7.62. The van der Waals surface area contributed by atoms with Crippen LogP contribution in [-0.4, -0.2) is 35.0 Å². The third-order valence-corrected chi connectivity index (χ3v) is 6.38. The van der Waals surface area contributed by atoms with E-state index < -0.39 is 0 Å². The van der Waals surface area contributed by atoms with E-state index in [0.29, 0.717) is 6.04 Å². The van der Waals surface area contributed by atoms with Crippen molar-refractivity contribution in [2.45, 2.75) is 25.8 Å². The molecule has 3 heteroatoms. The molecule has 1 aliphatic carbocycles. The summed E-state index contributed by atoms with van der Waals surface area (Å²) in [5.74, 6) is 0.254. The molecule has 0 spiro atoms. The summed E-state index contributed by atoms with van der Waals surface area (Å²) in [7, 11) is 4.36. The Hall–Kier alpha value is -3.30. The van der Waals surface area contributed by atoms with Crippen molar-refractivity contribution in [3.8, 4) is 0 Å². The number of likely N-dealkylation sites (N-methyl/N-ethyl adjacent to an activating group) is 1. The Morgan fingerprint density at radius 1 is 0.710 bits per heavy atom. The molecular weight excluding hydrogens is 378 g/mol. The fraction of sp³-hybridized carbons (Fsp3) is 0.214. The minimum atomic E-state index is 0.254. The van der Waals surface area contributed by atoms with Crippen LogP contribution in [0.15, 0.2) is 72.8 Å². The van der Waals surface area contributed by atoms with Crippen molar-refractivity contribution in [3.63, 3.8) is 0 Å². The molecule has 2 aromatic heterocycles. The fourth-order valence-corrected chi connectivity index (χ4v) is 5.13. The number of aromatic nitrogens is 2. The lowest BCUT2D eigenvalue weighted by atomic mass is 9.78. The smallest absolute Gasteiger partial charge is 0.0467 e. The van der Waals surface area contributed by atoms with Crippen LogP contribution in [0.5, 0.6) is 0 Å². The molecule has 31 heavy (non-hydrogen) atoms. The largest absolute Gasteiger partial charge is 0.355 e. The van der Waals surface area contributed by atoms with Gasteiger partial charge in [0.2, 0.25) is 0 Å². The molecule has 0 radical (unpaired) electrons. The van der Waals surface area contributed by atoms with Gasteiger partial charge in [0.1, 0.15) is 0 Å². The molecule has 5 aromatic rings. The highest BCUT2D eigenvalue weighted by molar-refractivity contribution is 6.09. The van der Waals surface area contributed by atoms with Crippen LogP contribution >= 0.6 is 0 Å². The van der Waals surface area contributed by atoms with Crippen LogP contribution in [0.2, 0.25) is 0 Å². The summed E-state index contributed by atoms with van der Waals surface area (Å²) in [4.78, 5) is 9.59. The number of hydrogen-bond donors (Lipinski definition) is 2. The standard InChI is InChI=1S/C26H23N3.C2H6/c1-29(2)23-15-14-22-25(17-9-4-6-12-20(17)28-22)26(23)18-10-7-13-21-24(18)16-8-3-5-11-19(16)27-21;1-2/h3-15,23,26-28H,1-2H3;1-2H3. The predicted molar refractivity (Wildman–Crippen MR) is 134 cm³/mol. The maximum Gasteiger partial charge on any atom is 0.0467 e. The molecule has 0 fully saturated rings. The van der Waals surface area contributed by atoms with Gasteiger partial charge in [0.15, 0.2) is 0 Å². The molecule has 3 nitrogen and oxygen atoms in total. The number of benzene rings is 3. The fourth-order valence-electron chi connectivity index (χ4n) is 5.13. The van der Waals surface area contributed by atoms with Gasteiger partial charge < -0.3 is 14.9 Å². The zero-order chi connectivity index (χ0) is 21.5. The number of nitrogens with one attached hydrogen (secondary N) is 2. The second-order valence-corrected chi connectivity index (χ2v) is 8.23. The molecule has 6 rings (SSSR count). The quantitative estimate of drug-likeness (QED) is 0.327. The van der Waals surface area contributed by atoms with Crippen molar-refractivity contribution in [1.29, 1.82) is 0 Å². The number of para-hydroxylation sites is 2. The van der Waals surface area contributed by atoms with Gasteiger partial charge in [0.05, 0.1) is 0 Å². The molecule has 2 atom stereocenters. The van der Waals surface area contributed by atoms with Gasteiger partial charge in [0, 0.05) is 50.4 Å². The Labute approximate surface area is 183 Å². The highest BCUT2D eigenvalue weighted by Crippen LogP contribution is 2.44. The Kier molecular flexibility index (Phi) is 4.91. The first-order valence-electron chi connectivity index (χ1n) is 11.2. The molecule has 2 N–H and O–H groups in total.